The summed E-state index contributed by atoms with van der Waals surface area (Å²) in [6, 6.07) is 4.74. The van der Waals surface area contributed by atoms with Crippen LogP contribution in [0.25, 0.3) is 0 Å². The van der Waals surface area contributed by atoms with Crippen LogP contribution in [0.2, 0.25) is 0 Å². The molecule has 3 rings (SSSR count). The van der Waals surface area contributed by atoms with E-state index in [1.54, 1.807) is 0 Å². The number of pyridine rings is 1. The quantitative estimate of drug-likeness (QED) is 0.408. The highest BCUT2D eigenvalue weighted by Gasteiger charge is 2.54. The molecule has 2 amide bonds. The monoisotopic (exact) mass is 406 g/mol. The summed E-state index contributed by atoms with van der Waals surface area (Å²) in [5.41, 5.74) is 0.603. The van der Waals surface area contributed by atoms with E-state index >= 15 is 0 Å². The highest BCUT2D eigenvalue weighted by atomic mass is 32.2. The van der Waals surface area contributed by atoms with Gasteiger partial charge in [-0.2, -0.15) is 0 Å². The molecule has 2 unspecified atom stereocenters. The molecule has 9 nitrogen and oxygen atoms in total. The van der Waals surface area contributed by atoms with Crippen molar-refractivity contribution in [2.45, 2.75) is 37.2 Å². The number of hydrogen-bond acceptors (Lipinski definition) is 5. The van der Waals surface area contributed by atoms with Crippen LogP contribution in [0.5, 0.6) is 0 Å². The van der Waals surface area contributed by atoms with Gasteiger partial charge < -0.3 is 15.5 Å². The number of amides is 2. The molecule has 2 aliphatic rings. The van der Waals surface area contributed by atoms with E-state index in [1.807, 2.05) is 35.2 Å². The second-order valence-electron chi connectivity index (χ2n) is 6.51. The first kappa shape index (κ1) is 19.9. The molecule has 28 heavy (non-hydrogen) atoms. The number of aromatic nitrogens is 1. The zero-order valence-corrected chi connectivity index (χ0v) is 15.7. The topological polar surface area (TPSA) is 128 Å². The molecule has 1 saturated heterocycles. The van der Waals surface area contributed by atoms with Gasteiger partial charge in [-0.3, -0.25) is 19.3 Å². The van der Waals surface area contributed by atoms with Gasteiger partial charge in [0.25, 0.3) is 5.91 Å². The van der Waals surface area contributed by atoms with Crippen molar-refractivity contribution in [1.82, 2.24) is 10.2 Å². The molecule has 0 radical (unpaired) electrons. The van der Waals surface area contributed by atoms with Gasteiger partial charge in [0.2, 0.25) is 5.91 Å². The molecule has 2 aliphatic heterocycles. The Hall–Kier alpha value is -2.88. The summed E-state index contributed by atoms with van der Waals surface area (Å²) in [7, 11) is 0. The molecule has 1 aromatic heterocycles. The van der Waals surface area contributed by atoms with Crippen LogP contribution in [0.1, 0.15) is 19.3 Å². The fraction of sp³-hybridized carbons (Fsp3) is 0.389. The van der Waals surface area contributed by atoms with Crippen molar-refractivity contribution in [2.24, 2.45) is 0 Å². The Morgan fingerprint density at radius 2 is 1.89 bits per heavy atom. The molecule has 0 saturated carbocycles. The Bertz CT molecular complexity index is 841. The number of carbonyl (C=O) groups excluding carboxylic acids is 2. The van der Waals surface area contributed by atoms with Crippen molar-refractivity contribution in [2.75, 3.05) is 5.75 Å². The summed E-state index contributed by atoms with van der Waals surface area (Å²) in [5, 5.41) is 20.4. The average molecular weight is 406 g/mol. The first-order valence-corrected chi connectivity index (χ1v) is 9.78. The molecule has 1 aromatic rings. The van der Waals surface area contributed by atoms with Gasteiger partial charge in [0.05, 0.1) is 0 Å². The molecule has 2 atom stereocenters. The van der Waals surface area contributed by atoms with Crippen molar-refractivity contribution in [3.63, 3.8) is 0 Å². The summed E-state index contributed by atoms with van der Waals surface area (Å²) in [5.74, 6) is -2.59. The van der Waals surface area contributed by atoms with Gasteiger partial charge in [-0.25, -0.2) is 9.36 Å². The fourth-order valence-corrected chi connectivity index (χ4v) is 4.55. The van der Waals surface area contributed by atoms with E-state index in [0.29, 0.717) is 17.9 Å². The molecule has 0 aromatic carbocycles. The first-order valence-electron chi connectivity index (χ1n) is 8.73. The lowest BCUT2D eigenvalue weighted by Crippen LogP contribution is -2.70. The van der Waals surface area contributed by atoms with Gasteiger partial charge in [-0.05, 0) is 6.42 Å². The third-order valence-electron chi connectivity index (χ3n) is 4.51. The molecule has 0 aliphatic carbocycles. The number of rotatable bonds is 8. The molecular formula is C18H20N3O6S+. The van der Waals surface area contributed by atoms with Crippen LogP contribution in [0.4, 0.5) is 0 Å². The minimum Gasteiger partial charge on any atom is -0.481 e. The molecular weight excluding hydrogens is 386 g/mol. The lowest BCUT2D eigenvalue weighted by molar-refractivity contribution is -0.689. The van der Waals surface area contributed by atoms with Crippen molar-refractivity contribution < 1.29 is 34.0 Å². The zero-order valence-electron chi connectivity index (χ0n) is 14.9. The Labute approximate surface area is 165 Å². The van der Waals surface area contributed by atoms with Crippen LogP contribution in [0.3, 0.4) is 0 Å². The Balaban J connectivity index is 1.68. The average Bonchev–Trinajstić information content (AvgIpc) is 2.66. The minimum atomic E-state index is -1.17. The number of hydrogen-bond donors (Lipinski definition) is 3. The van der Waals surface area contributed by atoms with E-state index < -0.39 is 35.2 Å². The summed E-state index contributed by atoms with van der Waals surface area (Å²) in [6.07, 6.45) is 3.71. The molecule has 3 N–H and O–H groups in total. The number of aliphatic carboxylic acids is 2. The maximum absolute atomic E-state index is 12.5. The minimum absolute atomic E-state index is 0.00495. The Morgan fingerprint density at radius 3 is 2.54 bits per heavy atom. The van der Waals surface area contributed by atoms with E-state index in [1.165, 1.54) is 16.7 Å². The Morgan fingerprint density at radius 1 is 1.18 bits per heavy atom. The number of fused-ring (bicyclic) bond motifs is 1. The molecule has 0 bridgehead atoms. The summed E-state index contributed by atoms with van der Waals surface area (Å²) >= 11 is 1.41. The second kappa shape index (κ2) is 8.42. The molecule has 0 spiro atoms. The maximum Gasteiger partial charge on any atom is 0.352 e. The van der Waals surface area contributed by atoms with Gasteiger partial charge in [0.1, 0.15) is 17.1 Å². The number of β-lactam (4-membered cyclic amide) rings is 1. The predicted octanol–water partition coefficient (Wildman–Crippen LogP) is -0.0324. The van der Waals surface area contributed by atoms with E-state index in [4.69, 9.17) is 5.11 Å². The maximum atomic E-state index is 12.5. The number of nitrogens with one attached hydrogen (secondary N) is 1. The van der Waals surface area contributed by atoms with Gasteiger partial charge in [-0.15, -0.1) is 11.8 Å². The number of carboxylic acids is 2. The summed E-state index contributed by atoms with van der Waals surface area (Å²) in [4.78, 5) is 48.0. The van der Waals surface area contributed by atoms with Crippen LogP contribution in [-0.2, 0) is 25.7 Å². The van der Waals surface area contributed by atoms with Crippen LogP contribution >= 0.6 is 11.8 Å². The van der Waals surface area contributed by atoms with Crippen LogP contribution < -0.4 is 9.88 Å². The third-order valence-corrected chi connectivity index (χ3v) is 5.85. The van der Waals surface area contributed by atoms with Gasteiger partial charge in [0, 0.05) is 36.3 Å². The van der Waals surface area contributed by atoms with Crippen molar-refractivity contribution in [3.8, 4) is 0 Å². The molecule has 10 heteroatoms. The Kier molecular flexibility index (Phi) is 5.98. The highest BCUT2D eigenvalue weighted by Crippen LogP contribution is 2.40. The van der Waals surface area contributed by atoms with Crippen molar-refractivity contribution in [3.05, 3.63) is 41.9 Å². The number of nitrogens with zero attached hydrogens (tertiary/aromatic N) is 2. The third kappa shape index (κ3) is 4.16. The van der Waals surface area contributed by atoms with Gasteiger partial charge in [-0.1, -0.05) is 6.07 Å². The number of carbonyl (C=O) groups is 4. The standard InChI is InChI=1S/C18H19N3O6S/c22-12(5-4-6-13(23)24)19-14-16(25)21-15(18(26)27)11(10-28-17(14)21)9-20-7-2-1-3-8-20/h1-3,7-8,14,17H,4-6,9-10H2,(H2-,19,22,23,24,26,27)/p+1. The van der Waals surface area contributed by atoms with E-state index in [9.17, 15) is 24.3 Å². The van der Waals surface area contributed by atoms with Gasteiger partial charge >= 0.3 is 11.9 Å². The van der Waals surface area contributed by atoms with Crippen LogP contribution in [0.15, 0.2) is 41.9 Å². The predicted molar refractivity (Wildman–Crippen MR) is 97.8 cm³/mol. The van der Waals surface area contributed by atoms with Crippen LogP contribution in [-0.4, -0.2) is 56.0 Å². The largest absolute Gasteiger partial charge is 0.481 e. The second-order valence-corrected chi connectivity index (χ2v) is 7.61. The van der Waals surface area contributed by atoms with E-state index in [-0.39, 0.29) is 25.0 Å². The molecule has 1 fully saturated rings. The fourth-order valence-electron chi connectivity index (χ4n) is 3.21. The van der Waals surface area contributed by atoms with Crippen molar-refractivity contribution in [1.29, 1.82) is 0 Å². The van der Waals surface area contributed by atoms with E-state index in [2.05, 4.69) is 5.32 Å². The smallest absolute Gasteiger partial charge is 0.352 e. The zero-order chi connectivity index (χ0) is 20.3. The number of carboxylic acid groups (broad SMARTS) is 2. The van der Waals surface area contributed by atoms with E-state index in [0.717, 1.165) is 0 Å². The summed E-state index contributed by atoms with van der Waals surface area (Å²) in [6.45, 7) is 0.359. The van der Waals surface area contributed by atoms with Crippen molar-refractivity contribution >= 4 is 35.5 Å². The first-order chi connectivity index (χ1) is 13.4. The van der Waals surface area contributed by atoms with Crippen LogP contribution in [0, 0.1) is 0 Å². The normalized spacial score (nSPS) is 21.0. The molecule has 148 valence electrons. The summed E-state index contributed by atoms with van der Waals surface area (Å²) < 4.78 is 1.84. The lowest BCUT2D eigenvalue weighted by Gasteiger charge is -2.49. The number of thioether (sulfide) groups is 1. The highest BCUT2D eigenvalue weighted by molar-refractivity contribution is 8.00. The molecule has 3 heterocycles. The lowest BCUT2D eigenvalue weighted by atomic mass is 10.0. The SMILES string of the molecule is O=C(O)CCCC(=O)NC1C(=O)N2C(C(=O)O)=C(C[n+]3ccccc3)CSC12. The van der Waals surface area contributed by atoms with Gasteiger partial charge in [0.15, 0.2) is 18.9 Å².